The second-order valence-electron chi connectivity index (χ2n) is 8.93. The Hall–Kier alpha value is -4.22. The average Bonchev–Trinajstić information content (AvgIpc) is 3.68. The molecular weight excluding hydrogens is 482 g/mol. The molecule has 2 aromatic rings. The van der Waals surface area contributed by atoms with Gasteiger partial charge in [0.25, 0.3) is 0 Å². The number of benzene rings is 1. The maximum atomic E-state index is 13.5. The van der Waals surface area contributed by atoms with Crippen molar-refractivity contribution in [1.29, 1.82) is 0 Å². The fourth-order valence-electron chi connectivity index (χ4n) is 4.38. The van der Waals surface area contributed by atoms with E-state index in [1.165, 1.54) is 11.2 Å². The van der Waals surface area contributed by atoms with Gasteiger partial charge in [-0.15, -0.1) is 0 Å². The number of imidazole rings is 1. The van der Waals surface area contributed by atoms with Gasteiger partial charge in [-0.25, -0.2) is 14.6 Å². The van der Waals surface area contributed by atoms with Gasteiger partial charge in [-0.3, -0.25) is 14.4 Å². The SMILES string of the molecule is O=C1CC[C@@H](C(=O)N[C@@H](Cc2c[nH]cn2)C(=O)N2CCC[C@H]2C(=O)OCC(=O)OCc2ccccc2)N1. The Morgan fingerprint density at radius 2 is 1.95 bits per heavy atom. The number of carbonyl (C=O) groups is 5. The molecule has 0 saturated carbocycles. The molecular formula is C25H29N5O7. The number of hydrogen-bond acceptors (Lipinski definition) is 8. The second kappa shape index (κ2) is 12.2. The number of esters is 2. The highest BCUT2D eigenvalue weighted by Gasteiger charge is 2.40. The molecule has 3 heterocycles. The molecule has 2 saturated heterocycles. The van der Waals surface area contributed by atoms with Crippen LogP contribution in [0.4, 0.5) is 0 Å². The van der Waals surface area contributed by atoms with Crippen molar-refractivity contribution in [1.82, 2.24) is 25.5 Å². The lowest BCUT2D eigenvalue weighted by Gasteiger charge is -2.28. The lowest BCUT2D eigenvalue weighted by molar-refractivity contribution is -0.163. The molecule has 0 unspecified atom stereocenters. The molecule has 3 amide bonds. The molecule has 3 N–H and O–H groups in total. The molecule has 3 atom stereocenters. The normalized spacial score (nSPS) is 19.7. The van der Waals surface area contributed by atoms with E-state index in [2.05, 4.69) is 20.6 Å². The Kier molecular flexibility index (Phi) is 8.49. The predicted molar refractivity (Wildman–Crippen MR) is 127 cm³/mol. The summed E-state index contributed by atoms with van der Waals surface area (Å²) in [4.78, 5) is 70.9. The van der Waals surface area contributed by atoms with Crippen LogP contribution in [0.3, 0.4) is 0 Å². The molecule has 0 spiro atoms. The first-order valence-electron chi connectivity index (χ1n) is 12.1. The fraction of sp³-hybridized carbons (Fsp3) is 0.440. The summed E-state index contributed by atoms with van der Waals surface area (Å²) in [5, 5.41) is 5.30. The molecule has 2 aliphatic rings. The number of rotatable bonds is 10. The van der Waals surface area contributed by atoms with Gasteiger partial charge in [-0.2, -0.15) is 0 Å². The van der Waals surface area contributed by atoms with Crippen molar-refractivity contribution in [3.8, 4) is 0 Å². The van der Waals surface area contributed by atoms with Crippen LogP contribution in [0.2, 0.25) is 0 Å². The van der Waals surface area contributed by atoms with E-state index >= 15 is 0 Å². The van der Waals surface area contributed by atoms with Crippen molar-refractivity contribution in [2.45, 2.75) is 56.8 Å². The van der Waals surface area contributed by atoms with Crippen molar-refractivity contribution in [2.24, 2.45) is 0 Å². The van der Waals surface area contributed by atoms with E-state index in [4.69, 9.17) is 9.47 Å². The topological polar surface area (TPSA) is 160 Å². The summed E-state index contributed by atoms with van der Waals surface area (Å²) >= 11 is 0. The summed E-state index contributed by atoms with van der Waals surface area (Å²) < 4.78 is 10.3. The third kappa shape index (κ3) is 6.93. The Morgan fingerprint density at radius 3 is 2.65 bits per heavy atom. The Balaban J connectivity index is 1.35. The smallest absolute Gasteiger partial charge is 0.344 e. The molecule has 1 aromatic carbocycles. The van der Waals surface area contributed by atoms with Crippen molar-refractivity contribution >= 4 is 29.7 Å². The Morgan fingerprint density at radius 1 is 1.14 bits per heavy atom. The lowest BCUT2D eigenvalue weighted by atomic mass is 10.1. The van der Waals surface area contributed by atoms with Gasteiger partial charge in [0, 0.05) is 25.6 Å². The minimum atomic E-state index is -1.00. The largest absolute Gasteiger partial charge is 0.458 e. The van der Waals surface area contributed by atoms with E-state index in [1.54, 1.807) is 18.3 Å². The van der Waals surface area contributed by atoms with Gasteiger partial charge >= 0.3 is 11.9 Å². The molecule has 1 aromatic heterocycles. The van der Waals surface area contributed by atoms with Crippen LogP contribution in [0.25, 0.3) is 0 Å². The highest BCUT2D eigenvalue weighted by molar-refractivity contribution is 5.95. The number of H-pyrrole nitrogens is 1. The van der Waals surface area contributed by atoms with E-state index in [0.717, 1.165) is 5.56 Å². The molecule has 12 heteroatoms. The van der Waals surface area contributed by atoms with Crippen LogP contribution in [0.1, 0.15) is 36.9 Å². The van der Waals surface area contributed by atoms with Gasteiger partial charge in [0.2, 0.25) is 17.7 Å². The van der Waals surface area contributed by atoms with Gasteiger partial charge in [0.05, 0.1) is 12.0 Å². The van der Waals surface area contributed by atoms with Crippen LogP contribution < -0.4 is 10.6 Å². The molecule has 4 rings (SSSR count). The van der Waals surface area contributed by atoms with Crippen LogP contribution in [-0.2, 0) is 46.5 Å². The number of hydrogen-bond donors (Lipinski definition) is 3. The first kappa shape index (κ1) is 25.9. The van der Waals surface area contributed by atoms with Gasteiger partial charge < -0.3 is 30.0 Å². The lowest BCUT2D eigenvalue weighted by Crippen LogP contribution is -2.55. The van der Waals surface area contributed by atoms with Gasteiger partial charge in [-0.1, -0.05) is 30.3 Å². The van der Waals surface area contributed by atoms with E-state index in [1.807, 2.05) is 18.2 Å². The van der Waals surface area contributed by atoms with Crippen molar-refractivity contribution < 1.29 is 33.4 Å². The van der Waals surface area contributed by atoms with Gasteiger partial charge in [0.15, 0.2) is 6.61 Å². The number of carbonyl (C=O) groups excluding carboxylic acids is 5. The summed E-state index contributed by atoms with van der Waals surface area (Å²) in [6.07, 6.45) is 4.68. The molecule has 2 aliphatic heterocycles. The van der Waals surface area contributed by atoms with Crippen LogP contribution in [0.15, 0.2) is 42.9 Å². The van der Waals surface area contributed by atoms with E-state index in [-0.39, 0.29) is 25.4 Å². The minimum Gasteiger partial charge on any atom is -0.458 e. The number of likely N-dealkylation sites (tertiary alicyclic amines) is 1. The summed E-state index contributed by atoms with van der Waals surface area (Å²) in [7, 11) is 0. The number of nitrogens with one attached hydrogen (secondary N) is 3. The number of aromatic nitrogens is 2. The Labute approximate surface area is 213 Å². The molecule has 0 radical (unpaired) electrons. The van der Waals surface area contributed by atoms with Crippen LogP contribution in [0, 0.1) is 0 Å². The van der Waals surface area contributed by atoms with E-state index in [9.17, 15) is 24.0 Å². The van der Waals surface area contributed by atoms with E-state index < -0.39 is 48.5 Å². The zero-order valence-electron chi connectivity index (χ0n) is 20.2. The average molecular weight is 512 g/mol. The van der Waals surface area contributed by atoms with Gasteiger partial charge in [0.1, 0.15) is 24.7 Å². The molecule has 12 nitrogen and oxygen atoms in total. The van der Waals surface area contributed by atoms with Crippen molar-refractivity contribution in [2.75, 3.05) is 13.2 Å². The van der Waals surface area contributed by atoms with Crippen LogP contribution >= 0.6 is 0 Å². The standard InChI is InChI=1S/C25H29N5O7/c31-21-9-8-18(28-21)23(33)29-19(11-17-12-26-15-27-17)24(34)30-10-4-7-20(30)25(35)37-14-22(32)36-13-16-5-2-1-3-6-16/h1-3,5-6,12,15,18-20H,4,7-11,13-14H2,(H,26,27)(H,28,31)(H,29,33)/t18-,19-,20-/m0/s1. The zero-order chi connectivity index (χ0) is 26.2. The molecule has 0 bridgehead atoms. The number of amides is 3. The van der Waals surface area contributed by atoms with E-state index in [0.29, 0.717) is 31.5 Å². The minimum absolute atomic E-state index is 0.0568. The van der Waals surface area contributed by atoms with Crippen LogP contribution in [0.5, 0.6) is 0 Å². The summed E-state index contributed by atoms with van der Waals surface area (Å²) in [6, 6.07) is 6.49. The van der Waals surface area contributed by atoms with Crippen LogP contribution in [-0.4, -0.2) is 75.8 Å². The highest BCUT2D eigenvalue weighted by Crippen LogP contribution is 2.21. The predicted octanol–water partition coefficient (Wildman–Crippen LogP) is -0.00680. The highest BCUT2D eigenvalue weighted by atomic mass is 16.6. The quantitative estimate of drug-likeness (QED) is 0.376. The molecule has 37 heavy (non-hydrogen) atoms. The Bertz CT molecular complexity index is 1120. The first-order valence-corrected chi connectivity index (χ1v) is 12.1. The summed E-state index contributed by atoms with van der Waals surface area (Å²) in [6.45, 7) is -0.218. The zero-order valence-corrected chi connectivity index (χ0v) is 20.2. The van der Waals surface area contributed by atoms with Crippen molar-refractivity contribution in [3.63, 3.8) is 0 Å². The molecule has 2 fully saturated rings. The maximum Gasteiger partial charge on any atom is 0.344 e. The molecule has 0 aliphatic carbocycles. The van der Waals surface area contributed by atoms with Gasteiger partial charge in [-0.05, 0) is 24.8 Å². The monoisotopic (exact) mass is 511 g/mol. The maximum absolute atomic E-state index is 13.5. The summed E-state index contributed by atoms with van der Waals surface area (Å²) in [5.41, 5.74) is 1.35. The number of aromatic amines is 1. The number of ether oxygens (including phenoxy) is 2. The third-order valence-electron chi connectivity index (χ3n) is 6.28. The second-order valence-corrected chi connectivity index (χ2v) is 8.93. The summed E-state index contributed by atoms with van der Waals surface area (Å²) in [5.74, 6) is -2.57. The number of nitrogens with zero attached hydrogens (tertiary/aromatic N) is 2. The fourth-order valence-corrected chi connectivity index (χ4v) is 4.38. The molecule has 196 valence electrons. The first-order chi connectivity index (χ1) is 17.9. The van der Waals surface area contributed by atoms with Crippen molar-refractivity contribution in [3.05, 3.63) is 54.1 Å². The third-order valence-corrected chi connectivity index (χ3v) is 6.28.